The Morgan fingerprint density at radius 3 is 0.881 bits per heavy atom. The molecule has 0 bridgehead atoms. The van der Waals surface area contributed by atoms with Crippen LogP contribution in [0.2, 0.25) is 0 Å². The van der Waals surface area contributed by atoms with E-state index in [0.717, 1.165) is 83.5 Å². The summed E-state index contributed by atoms with van der Waals surface area (Å²) >= 11 is 0. The van der Waals surface area contributed by atoms with Crippen LogP contribution in [0.5, 0.6) is 0 Å². The summed E-state index contributed by atoms with van der Waals surface area (Å²) in [5, 5.41) is 0. The summed E-state index contributed by atoms with van der Waals surface area (Å²) in [5.74, 6) is -0.876. The summed E-state index contributed by atoms with van der Waals surface area (Å²) in [6, 6.07) is 0. The fourth-order valence-electron chi connectivity index (χ4n) is 8.39. The Balaban J connectivity index is 4.15. The molecule has 0 amide bonds. The second-order valence-corrected chi connectivity index (χ2v) is 19.6. The molecule has 1 unspecified atom stereocenters. The van der Waals surface area contributed by atoms with E-state index in [2.05, 4.69) is 69.4 Å². The van der Waals surface area contributed by atoms with Crippen molar-refractivity contribution >= 4 is 17.9 Å². The van der Waals surface area contributed by atoms with Gasteiger partial charge in [-0.1, -0.05) is 249 Å². The van der Waals surface area contributed by atoms with Crippen LogP contribution in [0.3, 0.4) is 0 Å². The molecule has 0 aliphatic rings. The third-order valence-corrected chi connectivity index (χ3v) is 12.8. The highest BCUT2D eigenvalue weighted by Gasteiger charge is 2.19. The lowest BCUT2D eigenvalue weighted by molar-refractivity contribution is -0.167. The molecule has 0 rings (SSSR count). The third kappa shape index (κ3) is 54.2. The van der Waals surface area contributed by atoms with Crippen molar-refractivity contribution < 1.29 is 28.6 Å². The van der Waals surface area contributed by atoms with Crippen LogP contribution >= 0.6 is 0 Å². The number of ether oxygens (including phenoxy) is 3. The molecule has 6 nitrogen and oxygen atoms in total. The number of hydrogen-bond acceptors (Lipinski definition) is 6. The van der Waals surface area contributed by atoms with Crippen LogP contribution in [-0.2, 0) is 28.6 Å². The Bertz CT molecular complexity index is 1170. The maximum Gasteiger partial charge on any atom is 0.306 e. The monoisotopic (exact) mass is 939 g/mol. The average molecular weight is 940 g/mol. The molecule has 0 aromatic rings. The van der Waals surface area contributed by atoms with E-state index in [1.54, 1.807) is 0 Å². The molecule has 0 saturated heterocycles. The standard InChI is InChI=1S/C61H110O6/c1-4-7-10-13-16-19-22-24-25-26-27-28-29-30-31-32-33-34-35-36-37-38-40-42-45-48-51-54-60(63)66-57-58(56-65-59(62)53-50-47-44-41-21-18-15-12-9-6-3)67-61(64)55-52-49-46-43-39-23-20-17-14-11-8-5-2/h17,20,22,24,26-27,29-30,58H,4-16,18-19,21,23,25,28,31-57H2,1-3H3/b20-17-,24-22-,27-26-,30-29-. The molecular formula is C61H110O6. The SMILES string of the molecule is CCCCC/C=C\CCCCCCCC(=O)OC(COC(=O)CCCCCCCCCCCC)COC(=O)CCCCCCCCCCCCCC/C=C\C/C=C\C/C=C\CCCCCCC. The predicted octanol–water partition coefficient (Wildman–Crippen LogP) is 19.4. The number of hydrogen-bond donors (Lipinski definition) is 0. The van der Waals surface area contributed by atoms with Crippen LogP contribution < -0.4 is 0 Å². The molecule has 0 fully saturated rings. The topological polar surface area (TPSA) is 78.9 Å². The fraction of sp³-hybridized carbons (Fsp3) is 0.820. The van der Waals surface area contributed by atoms with Gasteiger partial charge in [0.25, 0.3) is 0 Å². The summed E-state index contributed by atoms with van der Waals surface area (Å²) in [7, 11) is 0. The van der Waals surface area contributed by atoms with Crippen molar-refractivity contribution in [1.29, 1.82) is 0 Å². The molecule has 0 spiro atoms. The number of unbranched alkanes of at least 4 members (excludes halogenated alkanes) is 34. The van der Waals surface area contributed by atoms with Gasteiger partial charge in [0.2, 0.25) is 0 Å². The Hall–Kier alpha value is -2.63. The van der Waals surface area contributed by atoms with Crippen LogP contribution in [-0.4, -0.2) is 37.2 Å². The van der Waals surface area contributed by atoms with Gasteiger partial charge < -0.3 is 14.2 Å². The van der Waals surface area contributed by atoms with Crippen molar-refractivity contribution in [3.05, 3.63) is 48.6 Å². The molecule has 0 aromatic carbocycles. The fourth-order valence-corrected chi connectivity index (χ4v) is 8.39. The maximum absolute atomic E-state index is 12.8. The zero-order valence-corrected chi connectivity index (χ0v) is 44.7. The summed E-state index contributed by atoms with van der Waals surface area (Å²) in [4.78, 5) is 38.0. The van der Waals surface area contributed by atoms with Gasteiger partial charge >= 0.3 is 17.9 Å². The summed E-state index contributed by atoms with van der Waals surface area (Å²) in [6.45, 7) is 6.61. The molecule has 1 atom stereocenters. The third-order valence-electron chi connectivity index (χ3n) is 12.8. The maximum atomic E-state index is 12.8. The van der Waals surface area contributed by atoms with Crippen molar-refractivity contribution in [1.82, 2.24) is 0 Å². The second kappa shape index (κ2) is 56.0. The number of rotatable bonds is 53. The first-order valence-corrected chi connectivity index (χ1v) is 29.1. The van der Waals surface area contributed by atoms with Gasteiger partial charge in [0, 0.05) is 19.3 Å². The highest BCUT2D eigenvalue weighted by Crippen LogP contribution is 2.16. The van der Waals surface area contributed by atoms with Crippen LogP contribution in [0.15, 0.2) is 48.6 Å². The van der Waals surface area contributed by atoms with Crippen molar-refractivity contribution in [2.24, 2.45) is 0 Å². The minimum absolute atomic E-state index is 0.0739. The number of esters is 3. The highest BCUT2D eigenvalue weighted by molar-refractivity contribution is 5.71. The van der Waals surface area contributed by atoms with Crippen LogP contribution in [0, 0.1) is 0 Å². The van der Waals surface area contributed by atoms with Crippen molar-refractivity contribution in [2.45, 2.75) is 309 Å². The first-order chi connectivity index (χ1) is 33.0. The Morgan fingerprint density at radius 1 is 0.299 bits per heavy atom. The Kier molecular flexibility index (Phi) is 53.8. The summed E-state index contributed by atoms with van der Waals surface area (Å²) < 4.78 is 16.8. The molecule has 0 N–H and O–H groups in total. The second-order valence-electron chi connectivity index (χ2n) is 19.6. The van der Waals surface area contributed by atoms with Crippen molar-refractivity contribution in [3.63, 3.8) is 0 Å². The van der Waals surface area contributed by atoms with Gasteiger partial charge in [-0.2, -0.15) is 0 Å². The van der Waals surface area contributed by atoms with Crippen LogP contribution in [0.25, 0.3) is 0 Å². The van der Waals surface area contributed by atoms with Gasteiger partial charge in [0.1, 0.15) is 13.2 Å². The zero-order valence-electron chi connectivity index (χ0n) is 44.7. The summed E-state index contributed by atoms with van der Waals surface area (Å²) in [5.41, 5.74) is 0. The van der Waals surface area contributed by atoms with E-state index in [4.69, 9.17) is 14.2 Å². The Morgan fingerprint density at radius 2 is 0.537 bits per heavy atom. The quantitative estimate of drug-likeness (QED) is 0.0262. The van der Waals surface area contributed by atoms with Crippen molar-refractivity contribution in [3.8, 4) is 0 Å². The lowest BCUT2D eigenvalue weighted by atomic mass is 10.0. The Labute approximate surface area is 416 Å². The van der Waals surface area contributed by atoms with E-state index in [1.165, 1.54) is 180 Å². The van der Waals surface area contributed by atoms with E-state index >= 15 is 0 Å². The molecule has 0 aromatic heterocycles. The van der Waals surface area contributed by atoms with Gasteiger partial charge in [-0.05, 0) is 83.5 Å². The molecule has 0 aliphatic carbocycles. The molecule has 0 aliphatic heterocycles. The summed E-state index contributed by atoms with van der Waals surface area (Å²) in [6.07, 6.45) is 68.3. The lowest BCUT2D eigenvalue weighted by Crippen LogP contribution is -2.30. The number of carbonyl (C=O) groups excluding carboxylic acids is 3. The first-order valence-electron chi connectivity index (χ1n) is 29.1. The van der Waals surface area contributed by atoms with Crippen molar-refractivity contribution in [2.75, 3.05) is 13.2 Å². The van der Waals surface area contributed by atoms with Crippen LogP contribution in [0.4, 0.5) is 0 Å². The first kappa shape index (κ1) is 64.4. The molecule has 6 heteroatoms. The van der Waals surface area contributed by atoms with E-state index < -0.39 is 6.10 Å². The van der Waals surface area contributed by atoms with E-state index in [9.17, 15) is 14.4 Å². The van der Waals surface area contributed by atoms with Gasteiger partial charge in [0.15, 0.2) is 6.10 Å². The molecule has 67 heavy (non-hydrogen) atoms. The van der Waals surface area contributed by atoms with E-state index in [1.807, 2.05) is 0 Å². The zero-order chi connectivity index (χ0) is 48.6. The minimum Gasteiger partial charge on any atom is -0.462 e. The predicted molar refractivity (Wildman–Crippen MR) is 289 cm³/mol. The molecule has 0 radical (unpaired) electrons. The van der Waals surface area contributed by atoms with Gasteiger partial charge in [-0.3, -0.25) is 14.4 Å². The van der Waals surface area contributed by atoms with E-state index in [-0.39, 0.29) is 31.1 Å². The normalized spacial score (nSPS) is 12.3. The molecule has 0 saturated carbocycles. The van der Waals surface area contributed by atoms with Crippen LogP contribution in [0.1, 0.15) is 303 Å². The minimum atomic E-state index is -0.774. The highest BCUT2D eigenvalue weighted by atomic mass is 16.6. The van der Waals surface area contributed by atoms with E-state index in [0.29, 0.717) is 19.3 Å². The lowest BCUT2D eigenvalue weighted by Gasteiger charge is -2.18. The number of carbonyl (C=O) groups is 3. The van der Waals surface area contributed by atoms with Gasteiger partial charge in [-0.25, -0.2) is 0 Å². The number of allylic oxidation sites excluding steroid dienone is 8. The van der Waals surface area contributed by atoms with Gasteiger partial charge in [0.05, 0.1) is 0 Å². The molecule has 390 valence electrons. The molecular weight excluding hydrogens is 829 g/mol. The molecule has 0 heterocycles. The smallest absolute Gasteiger partial charge is 0.306 e. The average Bonchev–Trinajstić information content (AvgIpc) is 3.33. The largest absolute Gasteiger partial charge is 0.462 e. The van der Waals surface area contributed by atoms with Gasteiger partial charge in [-0.15, -0.1) is 0 Å².